The zero-order chi connectivity index (χ0) is 47.5. The molecule has 0 spiro atoms. The van der Waals surface area contributed by atoms with E-state index in [9.17, 15) is 33.1 Å². The molecule has 0 bridgehead atoms. The molecule has 0 aromatic heterocycles. The number of unbranched alkanes of at least 4 members (excludes halogenated alkanes) is 21. The van der Waals surface area contributed by atoms with Crippen LogP contribution in [0, 0.1) is 0 Å². The first-order valence-corrected chi connectivity index (χ1v) is 26.9. The minimum atomic E-state index is -5.07. The van der Waals surface area contributed by atoms with Gasteiger partial charge in [-0.3, -0.25) is 9.35 Å². The first-order chi connectivity index (χ1) is 31.6. The first kappa shape index (κ1) is 60.8. The van der Waals surface area contributed by atoms with Gasteiger partial charge in [0.05, 0.1) is 19.8 Å². The highest BCUT2D eigenvalue weighted by Crippen LogP contribution is 2.26. The van der Waals surface area contributed by atoms with Gasteiger partial charge in [-0.2, -0.15) is 8.42 Å². The second-order valence-corrected chi connectivity index (χ2v) is 18.4. The zero-order valence-corrected chi connectivity index (χ0v) is 41.4. The molecule has 1 fully saturated rings. The van der Waals surface area contributed by atoms with Crippen LogP contribution in [-0.4, -0.2) is 97.5 Å². The molecule has 1 aliphatic rings. The quantitative estimate of drug-likeness (QED) is 0.0197. The van der Waals surface area contributed by atoms with Gasteiger partial charge in [-0.15, -0.1) is 0 Å². The van der Waals surface area contributed by atoms with Crippen molar-refractivity contribution in [2.75, 3.05) is 26.4 Å². The maximum absolute atomic E-state index is 12.9. The Labute approximate surface area is 395 Å². The molecule has 0 radical (unpaired) electrons. The van der Waals surface area contributed by atoms with Crippen LogP contribution in [0.4, 0.5) is 0 Å². The van der Waals surface area contributed by atoms with Crippen LogP contribution in [0.5, 0.6) is 0 Å². The van der Waals surface area contributed by atoms with Gasteiger partial charge >= 0.3 is 16.4 Å². The summed E-state index contributed by atoms with van der Waals surface area (Å²) in [5, 5.41) is 30.7. The highest BCUT2D eigenvalue weighted by atomic mass is 32.3. The predicted molar refractivity (Wildman–Crippen MR) is 262 cm³/mol. The van der Waals surface area contributed by atoms with Crippen molar-refractivity contribution in [3.05, 3.63) is 60.8 Å². The van der Waals surface area contributed by atoms with E-state index in [0.29, 0.717) is 13.0 Å². The summed E-state index contributed by atoms with van der Waals surface area (Å²) in [5.41, 5.74) is 0. The molecule has 6 atom stereocenters. The van der Waals surface area contributed by atoms with E-state index >= 15 is 0 Å². The second-order valence-electron chi connectivity index (χ2n) is 17.4. The Kier molecular flexibility index (Phi) is 40.3. The van der Waals surface area contributed by atoms with E-state index in [1.165, 1.54) is 89.9 Å². The Morgan fingerprint density at radius 1 is 0.600 bits per heavy atom. The molecule has 13 heteroatoms. The summed E-state index contributed by atoms with van der Waals surface area (Å²) in [6.45, 7) is 3.87. The van der Waals surface area contributed by atoms with Gasteiger partial charge in [0.25, 0.3) is 0 Å². The van der Waals surface area contributed by atoms with Crippen molar-refractivity contribution >= 4 is 16.4 Å². The van der Waals surface area contributed by atoms with Crippen LogP contribution in [-0.2, 0) is 38.3 Å². The van der Waals surface area contributed by atoms with E-state index in [0.717, 1.165) is 83.5 Å². The highest BCUT2D eigenvalue weighted by Gasteiger charge is 2.48. The van der Waals surface area contributed by atoms with Crippen LogP contribution in [0.2, 0.25) is 0 Å². The fourth-order valence-corrected chi connectivity index (χ4v) is 8.09. The van der Waals surface area contributed by atoms with Gasteiger partial charge in [0.15, 0.2) is 6.29 Å². The van der Waals surface area contributed by atoms with Crippen LogP contribution in [0.1, 0.15) is 200 Å². The van der Waals surface area contributed by atoms with Crippen molar-refractivity contribution in [3.63, 3.8) is 0 Å². The van der Waals surface area contributed by atoms with Crippen molar-refractivity contribution in [1.29, 1.82) is 0 Å². The highest BCUT2D eigenvalue weighted by molar-refractivity contribution is 7.80. The Morgan fingerprint density at radius 2 is 1.06 bits per heavy atom. The molecular formula is C52H92O12S. The number of hydrogen-bond donors (Lipinski definition) is 4. The fraction of sp³-hybridized carbons (Fsp3) is 0.788. The van der Waals surface area contributed by atoms with Gasteiger partial charge in [0.1, 0.15) is 30.5 Å². The number of carbonyl (C=O) groups is 1. The molecule has 1 rings (SSSR count). The summed E-state index contributed by atoms with van der Waals surface area (Å²) in [5.74, 6) is -0.417. The SMILES string of the molecule is CC/C=C\C/C=C\C/C=C\C/C=C\C/C=C\CCCCCCCC(=O)OC(COCCCCCCCCCCCCCCCCCCC)COC1OC(CO)C(O)C(OS(=O)(=O)O)C1O. The molecule has 378 valence electrons. The summed E-state index contributed by atoms with van der Waals surface area (Å²) in [6, 6.07) is 0. The lowest BCUT2D eigenvalue weighted by molar-refractivity contribution is -0.301. The van der Waals surface area contributed by atoms with Gasteiger partial charge in [0.2, 0.25) is 0 Å². The third kappa shape index (κ3) is 36.5. The number of carbonyl (C=O) groups excluding carboxylic acids is 1. The van der Waals surface area contributed by atoms with Crippen molar-refractivity contribution in [2.45, 2.75) is 237 Å². The van der Waals surface area contributed by atoms with Crippen LogP contribution in [0.15, 0.2) is 60.8 Å². The number of aliphatic hydroxyl groups excluding tert-OH is 3. The molecular weight excluding hydrogens is 849 g/mol. The Hall–Kier alpha value is -2.20. The zero-order valence-electron chi connectivity index (χ0n) is 40.5. The Balaban J connectivity index is 2.39. The number of aliphatic hydroxyl groups is 3. The van der Waals surface area contributed by atoms with Crippen LogP contribution in [0.3, 0.4) is 0 Å². The molecule has 12 nitrogen and oxygen atoms in total. The van der Waals surface area contributed by atoms with E-state index < -0.39 is 59.8 Å². The number of ether oxygens (including phenoxy) is 4. The van der Waals surface area contributed by atoms with Gasteiger partial charge < -0.3 is 34.3 Å². The minimum Gasteiger partial charge on any atom is -0.457 e. The number of esters is 1. The molecule has 0 aromatic carbocycles. The molecule has 0 saturated carbocycles. The monoisotopic (exact) mass is 941 g/mol. The molecule has 4 N–H and O–H groups in total. The van der Waals surface area contributed by atoms with Crippen LogP contribution < -0.4 is 0 Å². The van der Waals surface area contributed by atoms with Gasteiger partial charge in [-0.1, -0.05) is 197 Å². The van der Waals surface area contributed by atoms with E-state index in [-0.39, 0.29) is 19.6 Å². The first-order valence-electron chi connectivity index (χ1n) is 25.5. The summed E-state index contributed by atoms with van der Waals surface area (Å²) in [6.07, 6.45) is 45.3. The molecule has 0 amide bonds. The largest absolute Gasteiger partial charge is 0.457 e. The molecule has 0 aromatic rings. The molecule has 1 heterocycles. The lowest BCUT2D eigenvalue weighted by atomic mass is 9.99. The number of rotatable bonds is 44. The second kappa shape index (κ2) is 43.1. The Morgan fingerprint density at radius 3 is 1.55 bits per heavy atom. The molecule has 1 saturated heterocycles. The fourth-order valence-electron chi connectivity index (χ4n) is 7.58. The van der Waals surface area contributed by atoms with E-state index in [4.69, 9.17) is 18.9 Å². The van der Waals surface area contributed by atoms with Crippen molar-refractivity contribution in [2.24, 2.45) is 0 Å². The van der Waals surface area contributed by atoms with Crippen molar-refractivity contribution in [3.8, 4) is 0 Å². The topological polar surface area (TPSA) is 178 Å². The molecule has 6 unspecified atom stereocenters. The van der Waals surface area contributed by atoms with Crippen LogP contribution >= 0.6 is 0 Å². The standard InChI is InChI=1S/C52H92O12S/c1-3-5-7-9-11-13-15-17-19-21-22-23-24-25-27-29-31-33-35-37-39-41-48(54)62-46(45-61-52-50(56)51(64-65(57,58)59)49(55)47(43-53)63-52)44-60-42-40-38-36-34-32-30-28-26-20-18-16-14-12-10-8-6-4-2/h5,7,11,13,17,19,22-23,25,27,46-47,49-53,55-56H,3-4,6,8-10,12,14-16,18,20-21,24,26,28-45H2,1-2H3,(H,57,58,59)/b7-5-,13-11-,19-17-,23-22-,27-25-. The van der Waals surface area contributed by atoms with Gasteiger partial charge in [0, 0.05) is 13.0 Å². The summed E-state index contributed by atoms with van der Waals surface area (Å²) >= 11 is 0. The number of hydrogen-bond acceptors (Lipinski definition) is 11. The molecule has 0 aliphatic carbocycles. The van der Waals surface area contributed by atoms with Gasteiger partial charge in [-0.05, 0) is 57.8 Å². The van der Waals surface area contributed by atoms with E-state index in [1.807, 2.05) is 0 Å². The average Bonchev–Trinajstić information content (AvgIpc) is 3.28. The van der Waals surface area contributed by atoms with Crippen molar-refractivity contribution in [1.82, 2.24) is 0 Å². The van der Waals surface area contributed by atoms with E-state index in [2.05, 4.69) is 78.8 Å². The normalized spacial score (nSPS) is 20.1. The van der Waals surface area contributed by atoms with Crippen molar-refractivity contribution < 1.29 is 56.2 Å². The lowest BCUT2D eigenvalue weighted by Crippen LogP contribution is -2.60. The molecule has 1 aliphatic heterocycles. The summed E-state index contributed by atoms with van der Waals surface area (Å²) < 4.78 is 59.2. The van der Waals surface area contributed by atoms with Gasteiger partial charge in [-0.25, -0.2) is 4.18 Å². The lowest BCUT2D eigenvalue weighted by Gasteiger charge is -2.41. The minimum absolute atomic E-state index is 0.0280. The third-order valence-electron chi connectivity index (χ3n) is 11.4. The average molecular weight is 941 g/mol. The maximum atomic E-state index is 12.9. The third-order valence-corrected chi connectivity index (χ3v) is 11.9. The summed E-state index contributed by atoms with van der Waals surface area (Å²) in [4.78, 5) is 12.9. The smallest absolute Gasteiger partial charge is 0.397 e. The maximum Gasteiger partial charge on any atom is 0.397 e. The summed E-state index contributed by atoms with van der Waals surface area (Å²) in [7, 11) is -5.07. The van der Waals surface area contributed by atoms with Crippen LogP contribution in [0.25, 0.3) is 0 Å². The van der Waals surface area contributed by atoms with E-state index in [1.54, 1.807) is 0 Å². The predicted octanol–water partition coefficient (Wildman–Crippen LogP) is 11.7. The Bertz CT molecular complexity index is 1360. The number of allylic oxidation sites excluding steroid dienone is 10. The molecule has 65 heavy (non-hydrogen) atoms.